The second kappa shape index (κ2) is 8.72. The van der Waals surface area contributed by atoms with Gasteiger partial charge in [-0.3, -0.25) is 24.6 Å². The maximum atomic E-state index is 12.9. The lowest BCUT2D eigenvalue weighted by Gasteiger charge is -2.38. The molecule has 3 aliphatic heterocycles. The van der Waals surface area contributed by atoms with E-state index in [0.717, 1.165) is 40.7 Å². The molecule has 1 N–H and O–H groups in total. The van der Waals surface area contributed by atoms with Gasteiger partial charge in [0, 0.05) is 53.2 Å². The highest BCUT2D eigenvalue weighted by atomic mass is 32.2. The largest absolute Gasteiger partial charge is 0.464 e. The summed E-state index contributed by atoms with van der Waals surface area (Å²) in [7, 11) is 0. The van der Waals surface area contributed by atoms with E-state index >= 15 is 0 Å². The van der Waals surface area contributed by atoms with Crippen LogP contribution in [-0.2, 0) is 22.7 Å². The summed E-state index contributed by atoms with van der Waals surface area (Å²) in [4.78, 5) is 44.2. The predicted molar refractivity (Wildman–Crippen MR) is 129 cm³/mol. The number of benzene rings is 1. The highest BCUT2D eigenvalue weighted by molar-refractivity contribution is 8.00. The third kappa shape index (κ3) is 4.08. The van der Waals surface area contributed by atoms with Crippen LogP contribution in [0, 0.1) is 0 Å². The van der Waals surface area contributed by atoms with Crippen molar-refractivity contribution in [2.24, 2.45) is 0 Å². The monoisotopic (exact) mass is 493 g/mol. The Morgan fingerprint density at radius 1 is 1.12 bits per heavy atom. The molecule has 2 fully saturated rings. The molecule has 6 rings (SSSR count). The number of amides is 3. The zero-order valence-electron chi connectivity index (χ0n) is 18.4. The van der Waals surface area contributed by atoms with Crippen LogP contribution in [0.4, 0.5) is 0 Å². The Hall–Kier alpha value is -2.88. The van der Waals surface area contributed by atoms with Crippen molar-refractivity contribution in [3.05, 3.63) is 64.7 Å². The first-order valence-corrected chi connectivity index (χ1v) is 13.0. The average molecular weight is 494 g/mol. The SMILES string of the molecule is O=C1CCC(N2Cc3cc(SC4CN(Cc5ccc(-c6ccco6)s5)C4)ccc3C2=O)C(=O)N1. The van der Waals surface area contributed by atoms with E-state index in [4.69, 9.17) is 4.42 Å². The van der Waals surface area contributed by atoms with Gasteiger partial charge in [0.2, 0.25) is 11.8 Å². The molecule has 174 valence electrons. The lowest BCUT2D eigenvalue weighted by atomic mass is 10.0. The van der Waals surface area contributed by atoms with Crippen molar-refractivity contribution in [2.75, 3.05) is 13.1 Å². The molecule has 2 saturated heterocycles. The van der Waals surface area contributed by atoms with Gasteiger partial charge in [0.05, 0.1) is 11.1 Å². The Morgan fingerprint density at radius 3 is 2.79 bits per heavy atom. The second-order valence-corrected chi connectivity index (χ2v) is 11.4. The van der Waals surface area contributed by atoms with Crippen LogP contribution in [0.5, 0.6) is 0 Å². The molecule has 0 bridgehead atoms. The molecule has 1 unspecified atom stereocenters. The normalized spacial score (nSPS) is 21.0. The number of imide groups is 1. The van der Waals surface area contributed by atoms with E-state index in [1.165, 1.54) is 4.88 Å². The van der Waals surface area contributed by atoms with Crippen LogP contribution >= 0.6 is 23.1 Å². The van der Waals surface area contributed by atoms with E-state index in [1.54, 1.807) is 22.5 Å². The number of hydrogen-bond donors (Lipinski definition) is 1. The van der Waals surface area contributed by atoms with Crippen LogP contribution in [0.3, 0.4) is 0 Å². The van der Waals surface area contributed by atoms with Gasteiger partial charge in [-0.15, -0.1) is 23.1 Å². The van der Waals surface area contributed by atoms with Crippen molar-refractivity contribution in [2.45, 2.75) is 42.1 Å². The number of fused-ring (bicyclic) bond motifs is 1. The molecule has 3 aliphatic rings. The van der Waals surface area contributed by atoms with E-state index in [2.05, 4.69) is 28.4 Å². The first kappa shape index (κ1) is 21.6. The van der Waals surface area contributed by atoms with Gasteiger partial charge in [0.1, 0.15) is 11.8 Å². The molecular weight excluding hydrogens is 470 g/mol. The molecule has 0 aliphatic carbocycles. The first-order chi connectivity index (χ1) is 16.5. The summed E-state index contributed by atoms with van der Waals surface area (Å²) in [6.07, 6.45) is 2.36. The predicted octanol–water partition coefficient (Wildman–Crippen LogP) is 3.75. The molecule has 0 saturated carbocycles. The van der Waals surface area contributed by atoms with E-state index in [9.17, 15) is 14.4 Å². The van der Waals surface area contributed by atoms with Crippen LogP contribution < -0.4 is 5.32 Å². The Morgan fingerprint density at radius 2 is 2.00 bits per heavy atom. The van der Waals surface area contributed by atoms with Crippen LogP contribution in [-0.4, -0.2) is 51.9 Å². The number of likely N-dealkylation sites (tertiary alicyclic amines) is 1. The minimum Gasteiger partial charge on any atom is -0.464 e. The second-order valence-electron chi connectivity index (χ2n) is 8.90. The molecule has 1 atom stereocenters. The molecule has 0 spiro atoms. The Labute approximate surface area is 205 Å². The van der Waals surface area contributed by atoms with Crippen LogP contribution in [0.25, 0.3) is 10.6 Å². The molecule has 7 nitrogen and oxygen atoms in total. The van der Waals surface area contributed by atoms with Gasteiger partial charge in [-0.1, -0.05) is 0 Å². The summed E-state index contributed by atoms with van der Waals surface area (Å²) in [5, 5.41) is 2.87. The van der Waals surface area contributed by atoms with Crippen molar-refractivity contribution in [3.8, 4) is 10.6 Å². The molecule has 1 aromatic carbocycles. The molecule has 3 amide bonds. The van der Waals surface area contributed by atoms with Gasteiger partial charge in [-0.2, -0.15) is 0 Å². The van der Waals surface area contributed by atoms with Crippen molar-refractivity contribution < 1.29 is 18.8 Å². The minimum absolute atomic E-state index is 0.124. The van der Waals surface area contributed by atoms with E-state index in [0.29, 0.717) is 23.8 Å². The number of nitrogens with one attached hydrogen (secondary N) is 1. The highest BCUT2D eigenvalue weighted by Crippen LogP contribution is 2.36. The van der Waals surface area contributed by atoms with Crippen LogP contribution in [0.15, 0.2) is 58.0 Å². The number of piperidine rings is 1. The Kier molecular flexibility index (Phi) is 5.55. The molecule has 2 aromatic heterocycles. The molecule has 0 radical (unpaired) electrons. The fourth-order valence-corrected chi connectivity index (χ4v) is 7.11. The summed E-state index contributed by atoms with van der Waals surface area (Å²) in [6, 6.07) is 13.6. The van der Waals surface area contributed by atoms with Gasteiger partial charge in [-0.05, 0) is 54.4 Å². The summed E-state index contributed by atoms with van der Waals surface area (Å²) in [5.74, 6) is 0.152. The molecular formula is C25H23N3O4S2. The Bertz CT molecular complexity index is 1260. The summed E-state index contributed by atoms with van der Waals surface area (Å²) < 4.78 is 5.49. The minimum atomic E-state index is -0.570. The standard InChI is InChI=1S/C25H23N3O4S2/c29-23-8-6-20(24(30)26-23)28-11-15-10-16(3-5-19(15)25(28)31)33-18-13-27(14-18)12-17-4-7-22(34-17)21-2-1-9-32-21/h1-5,7,9-10,18,20H,6,8,11-14H2,(H,26,29,30). The third-order valence-corrected chi connectivity index (χ3v) is 8.77. The number of furan rings is 1. The van der Waals surface area contributed by atoms with Gasteiger partial charge < -0.3 is 9.32 Å². The molecule has 34 heavy (non-hydrogen) atoms. The zero-order chi connectivity index (χ0) is 23.2. The molecule has 5 heterocycles. The lowest BCUT2D eigenvalue weighted by Crippen LogP contribution is -2.52. The average Bonchev–Trinajstić information content (AvgIpc) is 3.53. The van der Waals surface area contributed by atoms with E-state index in [1.807, 2.05) is 36.0 Å². The van der Waals surface area contributed by atoms with Crippen molar-refractivity contribution >= 4 is 40.8 Å². The third-order valence-electron chi connectivity index (χ3n) is 6.53. The number of thioether (sulfide) groups is 1. The number of carbonyl (C=O) groups excluding carboxylic acids is 3. The van der Waals surface area contributed by atoms with Gasteiger partial charge >= 0.3 is 0 Å². The summed E-state index contributed by atoms with van der Waals surface area (Å²) >= 11 is 3.62. The number of thiophene rings is 1. The number of nitrogens with zero attached hydrogens (tertiary/aromatic N) is 2. The number of carbonyl (C=O) groups is 3. The van der Waals surface area contributed by atoms with Crippen molar-refractivity contribution in [3.63, 3.8) is 0 Å². The van der Waals surface area contributed by atoms with Crippen LogP contribution in [0.1, 0.15) is 33.6 Å². The maximum Gasteiger partial charge on any atom is 0.255 e. The lowest BCUT2D eigenvalue weighted by molar-refractivity contribution is -0.136. The van der Waals surface area contributed by atoms with Gasteiger partial charge in [0.15, 0.2) is 0 Å². The fraction of sp³-hybridized carbons (Fsp3) is 0.320. The van der Waals surface area contributed by atoms with E-state index < -0.39 is 6.04 Å². The Balaban J connectivity index is 1.04. The quantitative estimate of drug-likeness (QED) is 0.527. The van der Waals surface area contributed by atoms with E-state index in [-0.39, 0.29) is 24.1 Å². The maximum absolute atomic E-state index is 12.9. The van der Waals surface area contributed by atoms with Gasteiger partial charge in [-0.25, -0.2) is 0 Å². The molecule has 3 aromatic rings. The number of rotatable bonds is 6. The summed E-state index contributed by atoms with van der Waals surface area (Å²) in [5.41, 5.74) is 1.62. The van der Waals surface area contributed by atoms with Crippen LogP contribution in [0.2, 0.25) is 0 Å². The fourth-order valence-electron chi connectivity index (χ4n) is 4.78. The highest BCUT2D eigenvalue weighted by Gasteiger charge is 2.39. The topological polar surface area (TPSA) is 82.9 Å². The summed E-state index contributed by atoms with van der Waals surface area (Å²) in [6.45, 7) is 3.41. The number of hydrogen-bond acceptors (Lipinski definition) is 7. The van der Waals surface area contributed by atoms with Crippen molar-refractivity contribution in [1.29, 1.82) is 0 Å². The smallest absolute Gasteiger partial charge is 0.255 e. The molecule has 9 heteroatoms. The van der Waals surface area contributed by atoms with Gasteiger partial charge in [0.25, 0.3) is 5.91 Å². The first-order valence-electron chi connectivity index (χ1n) is 11.3. The zero-order valence-corrected chi connectivity index (χ0v) is 20.0. The van der Waals surface area contributed by atoms with Crippen molar-refractivity contribution in [1.82, 2.24) is 15.1 Å².